The molecule has 0 aliphatic carbocycles. The Morgan fingerprint density at radius 3 is 2.74 bits per heavy atom. The van der Waals surface area contributed by atoms with Gasteiger partial charge in [-0.1, -0.05) is 37.3 Å². The Hall–Kier alpha value is -1.23. The smallest absolute Gasteiger partial charge is 0.123 e. The van der Waals surface area contributed by atoms with Crippen molar-refractivity contribution in [2.75, 3.05) is 6.54 Å². The van der Waals surface area contributed by atoms with Gasteiger partial charge in [0.05, 0.1) is 5.60 Å². The Bertz CT molecular complexity index is 508. The molecule has 3 nitrogen and oxygen atoms in total. The van der Waals surface area contributed by atoms with Gasteiger partial charge >= 0.3 is 0 Å². The highest BCUT2D eigenvalue weighted by atomic mass is 32.1. The van der Waals surface area contributed by atoms with E-state index in [-0.39, 0.29) is 0 Å². The van der Waals surface area contributed by atoms with E-state index in [1.807, 2.05) is 38.2 Å². The molecule has 0 radical (unpaired) electrons. The summed E-state index contributed by atoms with van der Waals surface area (Å²) in [5, 5.41) is 14.2. The molecule has 2 N–H and O–H groups in total. The van der Waals surface area contributed by atoms with Crippen molar-refractivity contribution >= 4 is 11.3 Å². The zero-order chi connectivity index (χ0) is 13.7. The first kappa shape index (κ1) is 14.2. The van der Waals surface area contributed by atoms with E-state index in [2.05, 4.69) is 22.4 Å². The van der Waals surface area contributed by atoms with Gasteiger partial charge in [0.2, 0.25) is 0 Å². The predicted octanol–water partition coefficient (Wildman–Crippen LogP) is 3.06. The van der Waals surface area contributed by atoms with Crippen LogP contribution in [0.5, 0.6) is 0 Å². The van der Waals surface area contributed by atoms with Crippen LogP contribution in [-0.2, 0) is 6.54 Å². The lowest BCUT2D eigenvalue weighted by molar-refractivity contribution is 0.0556. The highest BCUT2D eigenvalue weighted by Gasteiger charge is 2.16. The van der Waals surface area contributed by atoms with E-state index in [9.17, 15) is 5.11 Å². The first-order chi connectivity index (χ1) is 9.11. The van der Waals surface area contributed by atoms with Crippen LogP contribution in [-0.4, -0.2) is 22.2 Å². The van der Waals surface area contributed by atoms with Crippen molar-refractivity contribution in [2.45, 2.75) is 32.4 Å². The largest absolute Gasteiger partial charge is 0.389 e. The molecule has 0 saturated heterocycles. The minimum atomic E-state index is -0.632. The Morgan fingerprint density at radius 2 is 2.05 bits per heavy atom. The van der Waals surface area contributed by atoms with Crippen molar-refractivity contribution in [1.29, 1.82) is 0 Å². The second-order valence-corrected chi connectivity index (χ2v) is 6.07. The second kappa shape index (κ2) is 6.28. The Balaban J connectivity index is 1.92. The van der Waals surface area contributed by atoms with Crippen LogP contribution in [0.4, 0.5) is 0 Å². The zero-order valence-electron chi connectivity index (χ0n) is 11.4. The molecule has 0 aliphatic rings. The molecule has 4 heteroatoms. The quantitative estimate of drug-likeness (QED) is 0.852. The summed E-state index contributed by atoms with van der Waals surface area (Å²) in [4.78, 5) is 5.62. The lowest BCUT2D eigenvalue weighted by Crippen LogP contribution is -2.36. The predicted molar refractivity (Wildman–Crippen MR) is 80.2 cm³/mol. The fraction of sp³-hybridized carbons (Fsp3) is 0.400. The average molecular weight is 276 g/mol. The van der Waals surface area contributed by atoms with Crippen LogP contribution in [0.3, 0.4) is 0 Å². The maximum absolute atomic E-state index is 9.91. The molecule has 0 saturated carbocycles. The first-order valence-electron chi connectivity index (χ1n) is 6.54. The van der Waals surface area contributed by atoms with Gasteiger partial charge in [-0.2, -0.15) is 0 Å². The van der Waals surface area contributed by atoms with Crippen molar-refractivity contribution in [3.63, 3.8) is 0 Å². The van der Waals surface area contributed by atoms with Crippen molar-refractivity contribution in [3.05, 3.63) is 41.4 Å². The number of thiazole rings is 1. The molecule has 0 spiro atoms. The molecular formula is C15H20N2OS. The molecule has 1 atom stereocenters. The lowest BCUT2D eigenvalue weighted by atomic mass is 10.0. The van der Waals surface area contributed by atoms with E-state index < -0.39 is 5.60 Å². The average Bonchev–Trinajstić information content (AvgIpc) is 2.88. The van der Waals surface area contributed by atoms with E-state index in [0.29, 0.717) is 6.54 Å². The number of benzene rings is 1. The van der Waals surface area contributed by atoms with Gasteiger partial charge < -0.3 is 10.4 Å². The van der Waals surface area contributed by atoms with Gasteiger partial charge in [-0.05, 0) is 13.3 Å². The lowest BCUT2D eigenvalue weighted by Gasteiger charge is -2.21. The van der Waals surface area contributed by atoms with E-state index >= 15 is 0 Å². The van der Waals surface area contributed by atoms with Gasteiger partial charge in [-0.25, -0.2) is 4.98 Å². The number of aliphatic hydroxyl groups is 1. The van der Waals surface area contributed by atoms with Gasteiger partial charge in [0.1, 0.15) is 5.01 Å². The summed E-state index contributed by atoms with van der Waals surface area (Å²) in [7, 11) is 0. The summed E-state index contributed by atoms with van der Waals surface area (Å²) in [5.74, 6) is 0. The molecule has 0 amide bonds. The minimum Gasteiger partial charge on any atom is -0.389 e. The van der Waals surface area contributed by atoms with Gasteiger partial charge in [-0.3, -0.25) is 0 Å². The molecule has 0 fully saturated rings. The number of hydrogen-bond acceptors (Lipinski definition) is 4. The minimum absolute atomic E-state index is 0.599. The number of rotatable bonds is 6. The topological polar surface area (TPSA) is 45.1 Å². The summed E-state index contributed by atoms with van der Waals surface area (Å²) in [5.41, 5.74) is 0.520. The molecule has 1 aromatic carbocycles. The van der Waals surface area contributed by atoms with Crippen molar-refractivity contribution in [2.24, 2.45) is 0 Å². The standard InChI is InChI=1S/C15H20N2OS/c1-3-15(2,18)11-16-9-13-10-17-14(19-13)12-7-5-4-6-8-12/h4-8,10,16,18H,3,9,11H2,1-2H3/t15-/m1/s1. The molecular weight excluding hydrogens is 256 g/mol. The van der Waals surface area contributed by atoms with Crippen LogP contribution in [0.25, 0.3) is 10.6 Å². The number of hydrogen-bond donors (Lipinski definition) is 2. The summed E-state index contributed by atoms with van der Waals surface area (Å²) >= 11 is 1.69. The summed E-state index contributed by atoms with van der Waals surface area (Å²) in [6, 6.07) is 10.2. The third kappa shape index (κ3) is 4.13. The van der Waals surface area contributed by atoms with E-state index in [0.717, 1.165) is 23.5 Å². The molecule has 1 aromatic heterocycles. The van der Waals surface area contributed by atoms with E-state index in [1.165, 1.54) is 4.88 Å². The highest BCUT2D eigenvalue weighted by molar-refractivity contribution is 7.15. The van der Waals surface area contributed by atoms with Gasteiger partial charge in [-0.15, -0.1) is 11.3 Å². The SMILES string of the molecule is CC[C@@](C)(O)CNCc1cnc(-c2ccccc2)s1. The third-order valence-electron chi connectivity index (χ3n) is 3.14. The third-order valence-corrected chi connectivity index (χ3v) is 4.19. The molecule has 0 aliphatic heterocycles. The van der Waals surface area contributed by atoms with E-state index in [4.69, 9.17) is 0 Å². The highest BCUT2D eigenvalue weighted by Crippen LogP contribution is 2.24. The fourth-order valence-corrected chi connectivity index (χ4v) is 2.57. The zero-order valence-corrected chi connectivity index (χ0v) is 12.2. The van der Waals surface area contributed by atoms with Crippen molar-refractivity contribution < 1.29 is 5.11 Å². The number of nitrogens with one attached hydrogen (secondary N) is 1. The Kier molecular flexibility index (Phi) is 4.69. The second-order valence-electron chi connectivity index (χ2n) is 4.95. The van der Waals surface area contributed by atoms with Crippen molar-refractivity contribution in [3.8, 4) is 10.6 Å². The Morgan fingerprint density at radius 1 is 1.32 bits per heavy atom. The number of nitrogens with zero attached hydrogens (tertiary/aromatic N) is 1. The van der Waals surface area contributed by atoms with Crippen LogP contribution >= 0.6 is 11.3 Å². The summed E-state index contributed by atoms with van der Waals surface area (Å²) in [6.45, 7) is 5.19. The Labute approximate surface area is 118 Å². The van der Waals surface area contributed by atoms with Crippen molar-refractivity contribution in [1.82, 2.24) is 10.3 Å². The van der Waals surface area contributed by atoms with Gasteiger partial charge in [0.15, 0.2) is 0 Å². The van der Waals surface area contributed by atoms with Crippen LogP contribution < -0.4 is 5.32 Å². The molecule has 0 bridgehead atoms. The van der Waals surface area contributed by atoms with Gasteiger partial charge in [0, 0.05) is 29.7 Å². The maximum Gasteiger partial charge on any atom is 0.123 e. The monoisotopic (exact) mass is 276 g/mol. The molecule has 19 heavy (non-hydrogen) atoms. The number of aromatic nitrogens is 1. The van der Waals surface area contributed by atoms with E-state index in [1.54, 1.807) is 11.3 Å². The normalized spacial score (nSPS) is 14.3. The molecule has 1 heterocycles. The molecule has 102 valence electrons. The fourth-order valence-electron chi connectivity index (χ4n) is 1.68. The van der Waals surface area contributed by atoms with Crippen LogP contribution in [0.1, 0.15) is 25.1 Å². The summed E-state index contributed by atoms with van der Waals surface area (Å²) in [6.07, 6.45) is 2.65. The molecule has 2 rings (SSSR count). The van der Waals surface area contributed by atoms with Gasteiger partial charge in [0.25, 0.3) is 0 Å². The van der Waals surface area contributed by atoms with Crippen LogP contribution in [0.2, 0.25) is 0 Å². The maximum atomic E-state index is 9.91. The van der Waals surface area contributed by atoms with Crippen LogP contribution in [0.15, 0.2) is 36.5 Å². The first-order valence-corrected chi connectivity index (χ1v) is 7.35. The summed E-state index contributed by atoms with van der Waals surface area (Å²) < 4.78 is 0. The van der Waals surface area contributed by atoms with Crippen LogP contribution in [0, 0.1) is 0 Å². The molecule has 0 unspecified atom stereocenters. The molecule has 2 aromatic rings.